The molecule has 0 radical (unpaired) electrons. The lowest BCUT2D eigenvalue weighted by Gasteiger charge is -2.39. The Kier molecular flexibility index (Phi) is 11.1. The molecule has 2 atom stereocenters. The van der Waals surface area contributed by atoms with Crippen molar-refractivity contribution < 1.29 is 4.74 Å². The highest BCUT2D eigenvalue weighted by Crippen LogP contribution is 2.37. The molecule has 2 aliphatic rings. The summed E-state index contributed by atoms with van der Waals surface area (Å²) in [6.07, 6.45) is 6.93. The molecule has 3 rings (SSSR count). The van der Waals surface area contributed by atoms with Crippen molar-refractivity contribution in [1.82, 2.24) is 15.5 Å². The van der Waals surface area contributed by atoms with Crippen LogP contribution in [0, 0.1) is 5.92 Å². The van der Waals surface area contributed by atoms with Crippen LogP contribution in [0.1, 0.15) is 43.5 Å². The highest BCUT2D eigenvalue weighted by atomic mass is 127. The van der Waals surface area contributed by atoms with E-state index in [0.717, 1.165) is 51.6 Å². The zero-order valence-corrected chi connectivity index (χ0v) is 21.9. The highest BCUT2D eigenvalue weighted by Gasteiger charge is 2.33. The molecule has 0 aliphatic carbocycles. The Morgan fingerprint density at radius 1 is 1.38 bits per heavy atom. The van der Waals surface area contributed by atoms with E-state index < -0.39 is 0 Å². The average Bonchev–Trinajstić information content (AvgIpc) is 3.25. The third-order valence-electron chi connectivity index (χ3n) is 6.08. The molecule has 0 saturated carbocycles. The summed E-state index contributed by atoms with van der Waals surface area (Å²) in [7, 11) is 2.27. The van der Waals surface area contributed by atoms with Crippen molar-refractivity contribution in [3.05, 3.63) is 22.4 Å². The van der Waals surface area contributed by atoms with Gasteiger partial charge in [0.15, 0.2) is 5.96 Å². The monoisotopic (exact) mass is 552 g/mol. The Balaban J connectivity index is 0.00000300. The van der Waals surface area contributed by atoms with Crippen LogP contribution in [0.3, 0.4) is 0 Å². The molecule has 29 heavy (non-hydrogen) atoms. The number of likely N-dealkylation sites (tertiary alicyclic amines) is 1. The van der Waals surface area contributed by atoms with Gasteiger partial charge in [-0.15, -0.1) is 35.3 Å². The number of nitrogens with zero attached hydrogens (tertiary/aromatic N) is 2. The Morgan fingerprint density at radius 2 is 2.17 bits per heavy atom. The van der Waals surface area contributed by atoms with Crippen LogP contribution < -0.4 is 10.6 Å². The van der Waals surface area contributed by atoms with E-state index in [1.807, 2.05) is 23.1 Å². The maximum Gasteiger partial charge on any atom is 0.191 e. The van der Waals surface area contributed by atoms with E-state index in [2.05, 4.69) is 53.3 Å². The minimum atomic E-state index is 0. The number of thiophene rings is 1. The molecule has 166 valence electrons. The Bertz CT molecular complexity index is 608. The van der Waals surface area contributed by atoms with Crippen LogP contribution in [0.25, 0.3) is 0 Å². The number of hydrogen-bond donors (Lipinski definition) is 2. The predicted molar refractivity (Wildman–Crippen MR) is 138 cm³/mol. The second-order valence-electron chi connectivity index (χ2n) is 7.92. The van der Waals surface area contributed by atoms with E-state index in [4.69, 9.17) is 9.73 Å². The number of rotatable bonds is 7. The Morgan fingerprint density at radius 3 is 2.83 bits per heavy atom. The van der Waals surface area contributed by atoms with Crippen LogP contribution in [-0.4, -0.2) is 68.3 Å². The lowest BCUT2D eigenvalue weighted by molar-refractivity contribution is 0.0794. The molecule has 1 aromatic heterocycles. The molecule has 2 aliphatic heterocycles. The van der Waals surface area contributed by atoms with Gasteiger partial charge in [0.25, 0.3) is 0 Å². The van der Waals surface area contributed by atoms with Crippen LogP contribution in [0.4, 0.5) is 0 Å². The molecule has 0 amide bonds. The zero-order valence-electron chi connectivity index (χ0n) is 18.0. The summed E-state index contributed by atoms with van der Waals surface area (Å²) in [6, 6.07) is 4.97. The fourth-order valence-electron chi connectivity index (χ4n) is 4.35. The largest absolute Gasteiger partial charge is 0.381 e. The van der Waals surface area contributed by atoms with Crippen molar-refractivity contribution in [2.45, 2.75) is 43.4 Å². The first-order chi connectivity index (χ1) is 13.7. The van der Waals surface area contributed by atoms with Crippen LogP contribution in [-0.2, 0) is 4.74 Å². The number of aliphatic imine (C=N–C) groups is 1. The van der Waals surface area contributed by atoms with E-state index in [1.54, 1.807) is 0 Å². The number of thioether (sulfide) groups is 1. The lowest BCUT2D eigenvalue weighted by Crippen LogP contribution is -2.45. The number of nitrogens with one attached hydrogen (secondary N) is 2. The van der Waals surface area contributed by atoms with E-state index >= 15 is 0 Å². The maximum absolute atomic E-state index is 5.57. The van der Waals surface area contributed by atoms with Gasteiger partial charge in [0.2, 0.25) is 0 Å². The number of halogens is 1. The topological polar surface area (TPSA) is 48.9 Å². The molecule has 2 N–H and O–H groups in total. The first-order valence-corrected chi connectivity index (χ1v) is 12.7. The van der Waals surface area contributed by atoms with Crippen LogP contribution in [0.2, 0.25) is 0 Å². The summed E-state index contributed by atoms with van der Waals surface area (Å²) in [5.74, 6) is 1.57. The summed E-state index contributed by atoms with van der Waals surface area (Å²) in [4.78, 5) is 8.99. The van der Waals surface area contributed by atoms with E-state index in [-0.39, 0.29) is 28.7 Å². The third kappa shape index (κ3) is 6.98. The second-order valence-corrected chi connectivity index (χ2v) is 10.2. The molecule has 2 saturated heterocycles. The van der Waals surface area contributed by atoms with Crippen LogP contribution >= 0.6 is 47.1 Å². The Hall–Kier alpha value is -0.0300. The van der Waals surface area contributed by atoms with Crippen LogP contribution in [0.15, 0.2) is 22.5 Å². The number of ether oxygens (including phenoxy) is 1. The predicted octanol–water partition coefficient (Wildman–Crippen LogP) is 4.22. The second kappa shape index (κ2) is 12.7. The summed E-state index contributed by atoms with van der Waals surface area (Å²) < 4.78 is 5.80. The molecular formula is C21H37IN4OS2. The normalized spacial score (nSPS) is 25.3. The van der Waals surface area contributed by atoms with Gasteiger partial charge in [0.1, 0.15) is 0 Å². The van der Waals surface area contributed by atoms with Gasteiger partial charge in [-0.05, 0) is 69.8 Å². The van der Waals surface area contributed by atoms with Gasteiger partial charge in [-0.3, -0.25) is 9.89 Å². The summed E-state index contributed by atoms with van der Waals surface area (Å²) in [5.41, 5.74) is 0. The first-order valence-electron chi connectivity index (χ1n) is 10.6. The molecule has 2 unspecified atom stereocenters. The number of hydrogen-bond acceptors (Lipinski definition) is 5. The summed E-state index contributed by atoms with van der Waals surface area (Å²) in [5, 5.41) is 9.31. The smallest absolute Gasteiger partial charge is 0.191 e. The van der Waals surface area contributed by atoms with E-state index in [9.17, 15) is 0 Å². The molecule has 0 bridgehead atoms. The van der Waals surface area contributed by atoms with Gasteiger partial charge in [0, 0.05) is 42.0 Å². The first kappa shape index (κ1) is 25.2. The van der Waals surface area contributed by atoms with Crippen molar-refractivity contribution in [1.29, 1.82) is 0 Å². The minimum Gasteiger partial charge on any atom is -0.381 e. The molecule has 0 aromatic carbocycles. The SMILES string of the molecule is CCNC(=NCC1(SC)CCOCC1)NCC1CCCN(C)C1c1cccs1.I. The van der Waals surface area contributed by atoms with Gasteiger partial charge in [0.05, 0.1) is 6.54 Å². The van der Waals surface area contributed by atoms with E-state index in [1.165, 1.54) is 24.3 Å². The third-order valence-corrected chi connectivity index (χ3v) is 8.43. The molecule has 3 heterocycles. The standard InChI is InChI=1S/C21H36N4OS2.HI/c1-4-22-20(24-16-21(27-3)9-12-26-13-10-21)23-15-17-7-5-11-25(2)19(17)18-8-6-14-28-18;/h6,8,14,17,19H,4-5,7,9-13,15-16H2,1-3H3,(H2,22,23,24);1H. The van der Waals surface area contributed by atoms with Crippen molar-refractivity contribution in [3.63, 3.8) is 0 Å². The summed E-state index contributed by atoms with van der Waals surface area (Å²) >= 11 is 3.83. The zero-order chi connectivity index (χ0) is 19.8. The lowest BCUT2D eigenvalue weighted by atomic mass is 9.88. The highest BCUT2D eigenvalue weighted by molar-refractivity contribution is 14.0. The van der Waals surface area contributed by atoms with Gasteiger partial charge in [-0.1, -0.05) is 6.07 Å². The van der Waals surface area contributed by atoms with Gasteiger partial charge >= 0.3 is 0 Å². The van der Waals surface area contributed by atoms with Crippen LogP contribution in [0.5, 0.6) is 0 Å². The number of guanidine groups is 1. The van der Waals surface area contributed by atoms with Crippen molar-refractivity contribution in [2.75, 3.05) is 52.7 Å². The molecule has 0 spiro atoms. The fraction of sp³-hybridized carbons (Fsp3) is 0.762. The molecule has 8 heteroatoms. The fourth-order valence-corrected chi connectivity index (χ4v) is 6.10. The van der Waals surface area contributed by atoms with Crippen molar-refractivity contribution >= 4 is 53.0 Å². The van der Waals surface area contributed by atoms with Gasteiger partial charge in [-0.2, -0.15) is 11.8 Å². The minimum absolute atomic E-state index is 0. The average molecular weight is 553 g/mol. The van der Waals surface area contributed by atoms with Crippen molar-refractivity contribution in [3.8, 4) is 0 Å². The molecule has 2 fully saturated rings. The molecule has 1 aromatic rings. The maximum atomic E-state index is 5.57. The molecule has 5 nitrogen and oxygen atoms in total. The van der Waals surface area contributed by atoms with Gasteiger partial charge in [-0.25, -0.2) is 0 Å². The molecular weight excluding hydrogens is 515 g/mol. The Labute approximate surface area is 201 Å². The quantitative estimate of drug-likeness (QED) is 0.302. The van der Waals surface area contributed by atoms with E-state index in [0.29, 0.717) is 12.0 Å². The summed E-state index contributed by atoms with van der Waals surface area (Å²) in [6.45, 7) is 7.75. The number of piperidine rings is 1. The van der Waals surface area contributed by atoms with Crippen molar-refractivity contribution in [2.24, 2.45) is 10.9 Å². The van der Waals surface area contributed by atoms with Gasteiger partial charge < -0.3 is 15.4 Å².